The average Bonchev–Trinajstić information content (AvgIpc) is 2.72. The zero-order valence-corrected chi connectivity index (χ0v) is 16.4. The minimum atomic E-state index is -0.939. The normalized spacial score (nSPS) is 16.6. The molecule has 6 nitrogen and oxygen atoms in total. The van der Waals surface area contributed by atoms with Crippen LogP contribution in [0.15, 0.2) is 65.9 Å². The lowest BCUT2D eigenvalue weighted by atomic mass is 9.94. The molecule has 152 valence electrons. The Kier molecular flexibility index (Phi) is 6.61. The third-order valence-corrected chi connectivity index (χ3v) is 4.74. The van der Waals surface area contributed by atoms with Crippen molar-refractivity contribution in [2.24, 2.45) is 0 Å². The maximum absolute atomic E-state index is 14.5. The van der Waals surface area contributed by atoms with E-state index in [9.17, 15) is 14.0 Å². The highest BCUT2D eigenvalue weighted by Crippen LogP contribution is 2.33. The highest BCUT2D eigenvalue weighted by Gasteiger charge is 2.37. The first-order chi connectivity index (χ1) is 14.0. The third-order valence-electron chi connectivity index (χ3n) is 4.74. The molecule has 0 fully saturated rings. The maximum Gasteiger partial charge on any atom is 0.338 e. The van der Waals surface area contributed by atoms with Gasteiger partial charge in [-0.05, 0) is 18.6 Å². The van der Waals surface area contributed by atoms with Crippen molar-refractivity contribution >= 4 is 12.0 Å². The van der Waals surface area contributed by atoms with Crippen LogP contribution in [0.25, 0.3) is 0 Å². The van der Waals surface area contributed by atoms with E-state index in [1.807, 2.05) is 30.3 Å². The number of nitrogens with one attached hydrogen (secondary N) is 1. The van der Waals surface area contributed by atoms with Crippen LogP contribution in [-0.4, -0.2) is 37.2 Å². The summed E-state index contributed by atoms with van der Waals surface area (Å²) in [5, 5.41) is 2.75. The Morgan fingerprint density at radius 2 is 1.79 bits per heavy atom. The lowest BCUT2D eigenvalue weighted by Gasteiger charge is -2.35. The Bertz CT molecular complexity index is 914. The molecule has 0 saturated heterocycles. The molecular formula is C22H23FN2O4. The Morgan fingerprint density at radius 3 is 2.48 bits per heavy atom. The van der Waals surface area contributed by atoms with E-state index >= 15 is 0 Å². The van der Waals surface area contributed by atoms with Gasteiger partial charge >= 0.3 is 12.0 Å². The highest BCUT2D eigenvalue weighted by atomic mass is 19.1. The van der Waals surface area contributed by atoms with Crippen molar-refractivity contribution in [1.29, 1.82) is 0 Å². The van der Waals surface area contributed by atoms with Gasteiger partial charge in [0.25, 0.3) is 0 Å². The first kappa shape index (κ1) is 20.5. The third kappa shape index (κ3) is 4.63. The number of esters is 1. The van der Waals surface area contributed by atoms with Gasteiger partial charge in [0, 0.05) is 18.4 Å². The van der Waals surface area contributed by atoms with E-state index in [0.717, 1.165) is 5.56 Å². The van der Waals surface area contributed by atoms with E-state index in [1.54, 1.807) is 25.1 Å². The van der Waals surface area contributed by atoms with Crippen molar-refractivity contribution in [2.75, 3.05) is 20.3 Å². The van der Waals surface area contributed by atoms with Gasteiger partial charge in [-0.25, -0.2) is 14.0 Å². The van der Waals surface area contributed by atoms with E-state index in [1.165, 1.54) is 18.1 Å². The first-order valence-corrected chi connectivity index (χ1v) is 9.26. The van der Waals surface area contributed by atoms with Gasteiger partial charge in [0.15, 0.2) is 0 Å². The van der Waals surface area contributed by atoms with Crippen molar-refractivity contribution in [2.45, 2.75) is 19.5 Å². The van der Waals surface area contributed by atoms with Gasteiger partial charge in [-0.3, -0.25) is 4.90 Å². The summed E-state index contributed by atoms with van der Waals surface area (Å²) in [7, 11) is 1.50. The van der Waals surface area contributed by atoms with Gasteiger partial charge in [0.05, 0.1) is 24.8 Å². The second-order valence-corrected chi connectivity index (χ2v) is 6.60. The zero-order valence-electron chi connectivity index (χ0n) is 16.4. The molecule has 1 N–H and O–H groups in total. The van der Waals surface area contributed by atoms with E-state index < -0.39 is 23.9 Å². The van der Waals surface area contributed by atoms with E-state index in [0.29, 0.717) is 5.70 Å². The van der Waals surface area contributed by atoms with E-state index in [-0.39, 0.29) is 30.9 Å². The van der Waals surface area contributed by atoms with Crippen molar-refractivity contribution in [3.8, 4) is 0 Å². The van der Waals surface area contributed by atoms with Crippen LogP contribution in [0.1, 0.15) is 24.1 Å². The Morgan fingerprint density at radius 1 is 1.10 bits per heavy atom. The molecule has 0 unspecified atom stereocenters. The Balaban J connectivity index is 2.00. The number of urea groups is 1. The molecule has 0 bridgehead atoms. The largest absolute Gasteiger partial charge is 0.460 e. The zero-order chi connectivity index (χ0) is 20.8. The fraction of sp³-hybridized carbons (Fsp3) is 0.273. The molecule has 0 radical (unpaired) electrons. The molecule has 0 saturated carbocycles. The van der Waals surface area contributed by atoms with Gasteiger partial charge in [-0.15, -0.1) is 0 Å². The minimum Gasteiger partial charge on any atom is -0.460 e. The summed E-state index contributed by atoms with van der Waals surface area (Å²) in [6.07, 6.45) is 0. The SMILES string of the molecule is COCCOC(=O)C1=C(C)N(Cc2ccccc2)C(=O)N[C@@H]1c1ccccc1F. The standard InChI is InChI=1S/C22H23FN2O4/c1-15-19(21(26)29-13-12-28-2)20(17-10-6-7-11-18(17)23)24-22(27)25(15)14-16-8-4-3-5-9-16/h3-11,20H,12-14H2,1-2H3,(H,24,27)/t20-/m1/s1. The summed E-state index contributed by atoms with van der Waals surface area (Å²) < 4.78 is 24.7. The molecule has 1 heterocycles. The molecule has 29 heavy (non-hydrogen) atoms. The van der Waals surface area contributed by atoms with Crippen LogP contribution in [0.5, 0.6) is 0 Å². The van der Waals surface area contributed by atoms with Gasteiger partial charge in [-0.2, -0.15) is 0 Å². The molecule has 0 spiro atoms. The summed E-state index contributed by atoms with van der Waals surface area (Å²) in [5.41, 5.74) is 1.73. The summed E-state index contributed by atoms with van der Waals surface area (Å²) in [6.45, 7) is 2.24. The Labute approximate surface area is 168 Å². The summed E-state index contributed by atoms with van der Waals surface area (Å²) in [4.78, 5) is 27.1. The average molecular weight is 398 g/mol. The monoisotopic (exact) mass is 398 g/mol. The second kappa shape index (κ2) is 9.34. The minimum absolute atomic E-state index is 0.0583. The van der Waals surface area contributed by atoms with Gasteiger partial charge in [0.2, 0.25) is 0 Å². The number of allylic oxidation sites excluding steroid dienone is 1. The van der Waals surface area contributed by atoms with Crippen molar-refractivity contribution < 1.29 is 23.5 Å². The first-order valence-electron chi connectivity index (χ1n) is 9.26. The molecule has 0 aromatic heterocycles. The molecule has 1 atom stereocenters. The summed E-state index contributed by atoms with van der Waals surface area (Å²) in [5.74, 6) is -1.13. The number of carbonyl (C=O) groups is 2. The fourth-order valence-corrected chi connectivity index (χ4v) is 3.24. The van der Waals surface area contributed by atoms with Gasteiger partial charge < -0.3 is 14.8 Å². The lowest BCUT2D eigenvalue weighted by molar-refractivity contribution is -0.140. The smallest absolute Gasteiger partial charge is 0.338 e. The van der Waals surface area contributed by atoms with Gasteiger partial charge in [-0.1, -0.05) is 48.5 Å². The predicted molar refractivity (Wildman–Crippen MR) is 105 cm³/mol. The van der Waals surface area contributed by atoms with Crippen LogP contribution in [-0.2, 0) is 20.8 Å². The van der Waals surface area contributed by atoms with Crippen LogP contribution >= 0.6 is 0 Å². The number of carbonyl (C=O) groups excluding carboxylic acids is 2. The number of amides is 2. The second-order valence-electron chi connectivity index (χ2n) is 6.60. The van der Waals surface area contributed by atoms with Crippen LogP contribution in [0.2, 0.25) is 0 Å². The van der Waals surface area contributed by atoms with Crippen LogP contribution in [0, 0.1) is 5.82 Å². The number of nitrogens with zero attached hydrogens (tertiary/aromatic N) is 1. The maximum atomic E-state index is 14.5. The number of benzene rings is 2. The molecule has 2 aromatic rings. The van der Waals surface area contributed by atoms with Crippen LogP contribution in [0.4, 0.5) is 9.18 Å². The highest BCUT2D eigenvalue weighted by molar-refractivity contribution is 5.95. The number of hydrogen-bond acceptors (Lipinski definition) is 4. The molecule has 0 aliphatic carbocycles. The van der Waals surface area contributed by atoms with Crippen molar-refractivity contribution in [1.82, 2.24) is 10.2 Å². The number of methoxy groups -OCH3 is 1. The predicted octanol–water partition coefficient (Wildman–Crippen LogP) is 3.56. The van der Waals surface area contributed by atoms with Crippen molar-refractivity contribution in [3.05, 3.63) is 82.8 Å². The van der Waals surface area contributed by atoms with Gasteiger partial charge in [0.1, 0.15) is 12.4 Å². The quantitative estimate of drug-likeness (QED) is 0.572. The molecule has 2 aromatic carbocycles. The van der Waals surface area contributed by atoms with E-state index in [4.69, 9.17) is 9.47 Å². The number of halogens is 1. The molecule has 1 aliphatic rings. The molecule has 2 amide bonds. The molecule has 3 rings (SSSR count). The number of ether oxygens (including phenoxy) is 2. The van der Waals surface area contributed by atoms with Crippen molar-refractivity contribution in [3.63, 3.8) is 0 Å². The topological polar surface area (TPSA) is 67.9 Å². The number of rotatable bonds is 7. The number of hydrogen-bond donors (Lipinski definition) is 1. The van der Waals surface area contributed by atoms with E-state index in [2.05, 4.69) is 5.32 Å². The summed E-state index contributed by atoms with van der Waals surface area (Å²) in [6, 6.07) is 14.1. The molecular weight excluding hydrogens is 375 g/mol. The Hall–Kier alpha value is -3.19. The molecule has 7 heteroatoms. The van der Waals surface area contributed by atoms with Crippen LogP contribution in [0.3, 0.4) is 0 Å². The van der Waals surface area contributed by atoms with Crippen LogP contribution < -0.4 is 5.32 Å². The fourth-order valence-electron chi connectivity index (χ4n) is 3.24. The molecule has 1 aliphatic heterocycles. The summed E-state index contributed by atoms with van der Waals surface area (Å²) >= 11 is 0. The lowest BCUT2D eigenvalue weighted by Crippen LogP contribution is -2.47.